The standard InChI is InChI=1S/C23H28N6O4/c1-4-33-16-7-5-15(6-8-16)25-23(30)29-11-9-28(10-12-29)22-26-18-14-20(32-3)19(31-2)13-17(18)21(24)27-22/h5-8,13-14H,4,9-12H2,1-3H3,(H,25,30)(H2,24,26,27). The van der Waals surface area contributed by atoms with Gasteiger partial charge < -0.3 is 35.1 Å². The molecule has 1 aromatic heterocycles. The number of fused-ring (bicyclic) bond motifs is 1. The van der Waals surface area contributed by atoms with Gasteiger partial charge in [0.15, 0.2) is 11.5 Å². The van der Waals surface area contributed by atoms with Crippen LogP contribution in [0.1, 0.15) is 6.92 Å². The maximum Gasteiger partial charge on any atom is 0.321 e. The molecule has 0 atom stereocenters. The van der Waals surface area contributed by atoms with E-state index in [1.54, 1.807) is 31.3 Å². The summed E-state index contributed by atoms with van der Waals surface area (Å²) >= 11 is 0. The Hall–Kier alpha value is -3.95. The van der Waals surface area contributed by atoms with Crippen molar-refractivity contribution in [2.75, 3.05) is 63.0 Å². The minimum absolute atomic E-state index is 0.144. The Morgan fingerprint density at radius 2 is 1.70 bits per heavy atom. The fraction of sp³-hybridized carbons (Fsp3) is 0.348. The van der Waals surface area contributed by atoms with Crippen LogP contribution in [0.25, 0.3) is 10.9 Å². The van der Waals surface area contributed by atoms with Gasteiger partial charge in [-0.15, -0.1) is 0 Å². The number of nitrogens with zero attached hydrogens (tertiary/aromatic N) is 4. The van der Waals surface area contributed by atoms with E-state index in [4.69, 9.17) is 19.9 Å². The highest BCUT2D eigenvalue weighted by Gasteiger charge is 2.24. The number of carbonyl (C=O) groups is 1. The van der Waals surface area contributed by atoms with Gasteiger partial charge in [0.05, 0.1) is 26.3 Å². The fourth-order valence-corrected chi connectivity index (χ4v) is 3.72. The van der Waals surface area contributed by atoms with Gasteiger partial charge in [0.25, 0.3) is 0 Å². The van der Waals surface area contributed by atoms with Gasteiger partial charge in [-0.2, -0.15) is 4.98 Å². The first-order chi connectivity index (χ1) is 16.0. The van der Waals surface area contributed by atoms with E-state index >= 15 is 0 Å². The maximum absolute atomic E-state index is 12.7. The van der Waals surface area contributed by atoms with Crippen molar-refractivity contribution in [1.82, 2.24) is 14.9 Å². The van der Waals surface area contributed by atoms with Gasteiger partial charge in [-0.1, -0.05) is 0 Å². The number of urea groups is 1. The van der Waals surface area contributed by atoms with Crippen LogP contribution < -0.4 is 30.2 Å². The second-order valence-electron chi connectivity index (χ2n) is 7.49. The number of nitrogens with one attached hydrogen (secondary N) is 1. The number of nitrogens with two attached hydrogens (primary N) is 1. The lowest BCUT2D eigenvalue weighted by molar-refractivity contribution is 0.208. The maximum atomic E-state index is 12.7. The normalized spacial score (nSPS) is 13.7. The molecule has 1 aliphatic rings. The second kappa shape index (κ2) is 9.68. The lowest BCUT2D eigenvalue weighted by atomic mass is 10.2. The number of ether oxygens (including phenoxy) is 3. The predicted octanol–water partition coefficient (Wildman–Crippen LogP) is 2.98. The van der Waals surface area contributed by atoms with E-state index in [2.05, 4.69) is 15.3 Å². The van der Waals surface area contributed by atoms with Crippen LogP contribution >= 0.6 is 0 Å². The van der Waals surface area contributed by atoms with Crippen molar-refractivity contribution in [3.05, 3.63) is 36.4 Å². The van der Waals surface area contributed by atoms with E-state index in [1.807, 2.05) is 36.1 Å². The Bertz CT molecular complexity index is 1130. The van der Waals surface area contributed by atoms with Crippen molar-refractivity contribution in [2.24, 2.45) is 0 Å². The lowest BCUT2D eigenvalue weighted by Gasteiger charge is -2.34. The predicted molar refractivity (Wildman–Crippen MR) is 127 cm³/mol. The summed E-state index contributed by atoms with van der Waals surface area (Å²) in [5.74, 6) is 2.81. The number of aromatic nitrogens is 2. The third kappa shape index (κ3) is 4.79. The van der Waals surface area contributed by atoms with Crippen LogP contribution in [0.2, 0.25) is 0 Å². The Labute approximate surface area is 192 Å². The molecule has 0 radical (unpaired) electrons. The monoisotopic (exact) mass is 452 g/mol. The van der Waals surface area contributed by atoms with Gasteiger partial charge >= 0.3 is 6.03 Å². The minimum Gasteiger partial charge on any atom is -0.494 e. The summed E-state index contributed by atoms with van der Waals surface area (Å²) in [6.07, 6.45) is 0. The number of hydrogen-bond donors (Lipinski definition) is 2. The molecule has 4 rings (SSSR count). The topological polar surface area (TPSA) is 115 Å². The van der Waals surface area contributed by atoms with E-state index in [9.17, 15) is 4.79 Å². The lowest BCUT2D eigenvalue weighted by Crippen LogP contribution is -2.50. The van der Waals surface area contributed by atoms with Crippen LogP contribution in [0.15, 0.2) is 36.4 Å². The fourth-order valence-electron chi connectivity index (χ4n) is 3.72. The number of anilines is 3. The Morgan fingerprint density at radius 3 is 2.33 bits per heavy atom. The van der Waals surface area contributed by atoms with Crippen molar-refractivity contribution in [1.29, 1.82) is 0 Å². The van der Waals surface area contributed by atoms with Gasteiger partial charge in [0.1, 0.15) is 11.6 Å². The summed E-state index contributed by atoms with van der Waals surface area (Å²) in [4.78, 5) is 25.6. The number of hydrogen-bond acceptors (Lipinski definition) is 8. The molecule has 2 amide bonds. The number of benzene rings is 2. The first kappa shape index (κ1) is 22.3. The average Bonchev–Trinajstić information content (AvgIpc) is 2.84. The highest BCUT2D eigenvalue weighted by molar-refractivity contribution is 5.92. The quantitative estimate of drug-likeness (QED) is 0.587. The second-order valence-corrected chi connectivity index (χ2v) is 7.49. The number of carbonyl (C=O) groups excluding carboxylic acids is 1. The number of nitrogen functional groups attached to an aromatic ring is 1. The molecule has 33 heavy (non-hydrogen) atoms. The molecule has 174 valence electrons. The van der Waals surface area contributed by atoms with E-state index in [0.29, 0.717) is 67.0 Å². The molecule has 1 aliphatic heterocycles. The molecule has 2 heterocycles. The van der Waals surface area contributed by atoms with Crippen molar-refractivity contribution < 1.29 is 19.0 Å². The molecule has 0 aliphatic carbocycles. The average molecular weight is 453 g/mol. The Morgan fingerprint density at radius 1 is 1.03 bits per heavy atom. The molecule has 1 fully saturated rings. The first-order valence-electron chi connectivity index (χ1n) is 10.8. The summed E-state index contributed by atoms with van der Waals surface area (Å²) in [6, 6.07) is 10.7. The van der Waals surface area contributed by atoms with Crippen LogP contribution in [0.4, 0.5) is 22.2 Å². The number of methoxy groups -OCH3 is 2. The van der Waals surface area contributed by atoms with E-state index in [0.717, 1.165) is 11.4 Å². The largest absolute Gasteiger partial charge is 0.494 e. The molecule has 0 unspecified atom stereocenters. The molecule has 1 saturated heterocycles. The molecule has 0 spiro atoms. The van der Waals surface area contributed by atoms with Crippen LogP contribution in [-0.4, -0.2) is 67.9 Å². The van der Waals surface area contributed by atoms with Crippen LogP contribution in [0.5, 0.6) is 17.2 Å². The molecule has 2 aromatic carbocycles. The highest BCUT2D eigenvalue weighted by Crippen LogP contribution is 2.34. The Balaban J connectivity index is 1.42. The molecule has 10 nitrogen and oxygen atoms in total. The van der Waals surface area contributed by atoms with E-state index < -0.39 is 0 Å². The number of amides is 2. The van der Waals surface area contributed by atoms with Gasteiger partial charge in [-0.25, -0.2) is 9.78 Å². The zero-order chi connectivity index (χ0) is 23.4. The van der Waals surface area contributed by atoms with Crippen molar-refractivity contribution in [3.63, 3.8) is 0 Å². The van der Waals surface area contributed by atoms with Gasteiger partial charge in [0, 0.05) is 43.3 Å². The van der Waals surface area contributed by atoms with Crippen molar-refractivity contribution >= 4 is 34.4 Å². The SMILES string of the molecule is CCOc1ccc(NC(=O)N2CCN(c3nc(N)c4cc(OC)c(OC)cc4n3)CC2)cc1. The molecule has 3 N–H and O–H groups in total. The summed E-state index contributed by atoms with van der Waals surface area (Å²) in [5.41, 5.74) is 7.61. The zero-order valence-corrected chi connectivity index (χ0v) is 19.0. The number of rotatable bonds is 6. The first-order valence-corrected chi connectivity index (χ1v) is 10.8. The number of piperazine rings is 1. The summed E-state index contributed by atoms with van der Waals surface area (Å²) in [6.45, 7) is 4.79. The highest BCUT2D eigenvalue weighted by atomic mass is 16.5. The van der Waals surface area contributed by atoms with E-state index in [-0.39, 0.29) is 6.03 Å². The third-order valence-electron chi connectivity index (χ3n) is 5.49. The summed E-state index contributed by atoms with van der Waals surface area (Å²) in [5, 5.41) is 3.63. The molecular weight excluding hydrogens is 424 g/mol. The zero-order valence-electron chi connectivity index (χ0n) is 19.0. The van der Waals surface area contributed by atoms with E-state index in [1.165, 1.54) is 0 Å². The van der Waals surface area contributed by atoms with Gasteiger partial charge in [-0.05, 0) is 37.3 Å². The van der Waals surface area contributed by atoms with Gasteiger partial charge in [0.2, 0.25) is 5.95 Å². The minimum atomic E-state index is -0.144. The molecule has 0 saturated carbocycles. The molecule has 3 aromatic rings. The van der Waals surface area contributed by atoms with Gasteiger partial charge in [-0.3, -0.25) is 0 Å². The third-order valence-corrected chi connectivity index (χ3v) is 5.49. The van der Waals surface area contributed by atoms with Crippen molar-refractivity contribution in [3.8, 4) is 17.2 Å². The molecule has 10 heteroatoms. The molecule has 0 bridgehead atoms. The van der Waals surface area contributed by atoms with Crippen molar-refractivity contribution in [2.45, 2.75) is 6.92 Å². The smallest absolute Gasteiger partial charge is 0.321 e. The Kier molecular flexibility index (Phi) is 6.53. The van der Waals surface area contributed by atoms with Crippen LogP contribution in [0, 0.1) is 0 Å². The molecular formula is C23H28N6O4. The summed E-state index contributed by atoms with van der Waals surface area (Å²) in [7, 11) is 3.15. The summed E-state index contributed by atoms with van der Waals surface area (Å²) < 4.78 is 16.2. The van der Waals surface area contributed by atoms with Crippen LogP contribution in [0.3, 0.4) is 0 Å². The van der Waals surface area contributed by atoms with Crippen LogP contribution in [-0.2, 0) is 0 Å².